The Morgan fingerprint density at radius 3 is 2.40 bits per heavy atom. The highest BCUT2D eigenvalue weighted by molar-refractivity contribution is 5.95. The SMILES string of the molecule is CCc1[nH]c(C2CCCCCC2)nc1-c1cc2c(=O)n(C)cc(-c3cc(C(C)(C)O)ccc3Oc3c(C)cc(F)cc3C)c2o1. The number of pyridine rings is 1. The summed E-state index contributed by atoms with van der Waals surface area (Å²) in [4.78, 5) is 22.1. The first-order valence-corrected chi connectivity index (χ1v) is 16.0. The molecule has 5 aromatic rings. The number of ether oxygens (including phenoxy) is 1. The van der Waals surface area contributed by atoms with Crippen LogP contribution in [0.2, 0.25) is 0 Å². The van der Waals surface area contributed by atoms with Crippen LogP contribution in [0.4, 0.5) is 4.39 Å². The van der Waals surface area contributed by atoms with Crippen molar-refractivity contribution < 1.29 is 18.7 Å². The van der Waals surface area contributed by atoms with Crippen LogP contribution in [0.1, 0.15) is 93.4 Å². The van der Waals surface area contributed by atoms with Crippen LogP contribution in [0.15, 0.2) is 51.8 Å². The first-order chi connectivity index (χ1) is 21.4. The van der Waals surface area contributed by atoms with Crippen LogP contribution in [-0.4, -0.2) is 19.6 Å². The number of aliphatic hydroxyl groups is 1. The molecule has 2 N–H and O–H groups in total. The zero-order valence-corrected chi connectivity index (χ0v) is 27.0. The molecule has 2 aromatic carbocycles. The molecule has 1 aliphatic rings. The van der Waals surface area contributed by atoms with E-state index in [1.165, 1.54) is 42.4 Å². The number of imidazole rings is 1. The summed E-state index contributed by atoms with van der Waals surface area (Å²) in [5, 5.41) is 11.4. The Morgan fingerprint density at radius 1 is 1.07 bits per heavy atom. The van der Waals surface area contributed by atoms with Crippen LogP contribution < -0.4 is 10.3 Å². The third-order valence-corrected chi connectivity index (χ3v) is 9.09. The van der Waals surface area contributed by atoms with Crippen LogP contribution in [0, 0.1) is 19.7 Å². The van der Waals surface area contributed by atoms with Gasteiger partial charge in [0, 0.05) is 36.0 Å². The molecule has 0 amide bonds. The summed E-state index contributed by atoms with van der Waals surface area (Å²) in [5.41, 5.74) is 4.07. The third kappa shape index (κ3) is 5.96. The van der Waals surface area contributed by atoms with Crippen molar-refractivity contribution in [3.05, 3.63) is 87.0 Å². The average molecular weight is 612 g/mol. The summed E-state index contributed by atoms with van der Waals surface area (Å²) in [6.07, 6.45) is 9.67. The summed E-state index contributed by atoms with van der Waals surface area (Å²) in [7, 11) is 1.71. The Morgan fingerprint density at radius 2 is 1.76 bits per heavy atom. The number of aryl methyl sites for hydroxylation is 4. The fraction of sp³-hybridized carbons (Fsp3) is 0.405. The first-order valence-electron chi connectivity index (χ1n) is 16.0. The Hall–Kier alpha value is -4.17. The number of hydrogen-bond acceptors (Lipinski definition) is 5. The fourth-order valence-electron chi connectivity index (χ4n) is 6.57. The molecule has 6 rings (SSSR count). The van der Waals surface area contributed by atoms with Gasteiger partial charge in [-0.1, -0.05) is 38.7 Å². The molecule has 0 bridgehead atoms. The number of aromatic nitrogens is 3. The lowest BCUT2D eigenvalue weighted by molar-refractivity contribution is 0.0786. The number of furan rings is 1. The molecular formula is C37H42FN3O4. The maximum Gasteiger partial charge on any atom is 0.261 e. The number of aromatic amines is 1. The molecule has 1 aliphatic carbocycles. The van der Waals surface area contributed by atoms with Gasteiger partial charge in [0.05, 0.1) is 11.0 Å². The van der Waals surface area contributed by atoms with E-state index >= 15 is 0 Å². The van der Waals surface area contributed by atoms with Crippen molar-refractivity contribution in [1.82, 2.24) is 14.5 Å². The Balaban J connectivity index is 1.53. The molecule has 1 fully saturated rings. The molecule has 0 unspecified atom stereocenters. The van der Waals surface area contributed by atoms with Crippen molar-refractivity contribution in [2.24, 2.45) is 7.05 Å². The number of nitrogens with one attached hydrogen (secondary N) is 1. The number of halogens is 1. The first kappa shape index (κ1) is 30.8. The highest BCUT2D eigenvalue weighted by Crippen LogP contribution is 2.42. The van der Waals surface area contributed by atoms with Gasteiger partial charge in [0.15, 0.2) is 5.76 Å². The minimum Gasteiger partial charge on any atom is -0.456 e. The van der Waals surface area contributed by atoms with E-state index in [2.05, 4.69) is 11.9 Å². The second-order valence-corrected chi connectivity index (χ2v) is 13.0. The smallest absolute Gasteiger partial charge is 0.261 e. The zero-order chi connectivity index (χ0) is 32.0. The van der Waals surface area contributed by atoms with Crippen molar-refractivity contribution in [2.75, 3.05) is 0 Å². The number of hydrogen-bond donors (Lipinski definition) is 2. The lowest BCUT2D eigenvalue weighted by Crippen LogP contribution is -2.17. The third-order valence-electron chi connectivity index (χ3n) is 9.09. The van der Waals surface area contributed by atoms with Gasteiger partial charge >= 0.3 is 0 Å². The van der Waals surface area contributed by atoms with Gasteiger partial charge < -0.3 is 23.8 Å². The Bertz CT molecular complexity index is 1910. The minimum absolute atomic E-state index is 0.187. The fourth-order valence-corrected chi connectivity index (χ4v) is 6.57. The summed E-state index contributed by atoms with van der Waals surface area (Å²) in [6.45, 7) is 9.14. The second-order valence-electron chi connectivity index (χ2n) is 13.0. The summed E-state index contributed by atoms with van der Waals surface area (Å²) in [6, 6.07) is 10.1. The van der Waals surface area contributed by atoms with Crippen LogP contribution in [-0.2, 0) is 19.1 Å². The van der Waals surface area contributed by atoms with Crippen molar-refractivity contribution in [1.29, 1.82) is 0 Å². The molecule has 0 spiro atoms. The van der Waals surface area contributed by atoms with Gasteiger partial charge in [0.1, 0.15) is 34.4 Å². The molecule has 0 radical (unpaired) electrons. The summed E-state index contributed by atoms with van der Waals surface area (Å²) in [5.74, 6) is 2.63. The maximum absolute atomic E-state index is 14.1. The van der Waals surface area contributed by atoms with E-state index in [1.807, 2.05) is 12.1 Å². The molecule has 7 nitrogen and oxygen atoms in total. The lowest BCUT2D eigenvalue weighted by atomic mass is 9.93. The van der Waals surface area contributed by atoms with E-state index in [1.54, 1.807) is 53.1 Å². The maximum atomic E-state index is 14.1. The van der Waals surface area contributed by atoms with E-state index in [0.29, 0.717) is 62.0 Å². The van der Waals surface area contributed by atoms with E-state index in [4.69, 9.17) is 14.1 Å². The number of rotatable bonds is 7. The van der Waals surface area contributed by atoms with E-state index in [9.17, 15) is 14.3 Å². The van der Waals surface area contributed by atoms with Gasteiger partial charge in [0.25, 0.3) is 5.56 Å². The van der Waals surface area contributed by atoms with Crippen LogP contribution in [0.3, 0.4) is 0 Å². The number of fused-ring (bicyclic) bond motifs is 1. The molecule has 236 valence electrons. The van der Waals surface area contributed by atoms with Gasteiger partial charge in [-0.25, -0.2) is 9.37 Å². The van der Waals surface area contributed by atoms with Crippen molar-refractivity contribution in [3.63, 3.8) is 0 Å². The standard InChI is InChI=1S/C37H42FN3O4/c1-7-29-32(40-35(39-29)23-12-10-8-9-11-13-23)31-19-27-34(45-31)28(20-41(6)36(27)42)26-18-24(37(4,5)43)14-15-30(26)44-33-21(2)16-25(38)17-22(33)3/h14-20,23,43H,7-13H2,1-6H3,(H,39,40). The monoisotopic (exact) mass is 611 g/mol. The second kappa shape index (κ2) is 12.0. The highest BCUT2D eigenvalue weighted by atomic mass is 19.1. The normalized spacial score (nSPS) is 14.7. The van der Waals surface area contributed by atoms with Crippen molar-refractivity contribution >= 4 is 11.0 Å². The van der Waals surface area contributed by atoms with Gasteiger partial charge in [-0.05, 0) is 94.0 Å². The molecule has 0 saturated heterocycles. The van der Waals surface area contributed by atoms with E-state index in [0.717, 1.165) is 36.5 Å². The molecule has 3 aromatic heterocycles. The largest absolute Gasteiger partial charge is 0.456 e. The zero-order valence-electron chi connectivity index (χ0n) is 27.0. The lowest BCUT2D eigenvalue weighted by Gasteiger charge is -2.21. The molecule has 45 heavy (non-hydrogen) atoms. The quantitative estimate of drug-likeness (QED) is 0.179. The Kier molecular flexibility index (Phi) is 8.20. The molecule has 3 heterocycles. The van der Waals surface area contributed by atoms with E-state index in [-0.39, 0.29) is 11.4 Å². The Labute approximate surface area is 263 Å². The average Bonchev–Trinajstić information content (AvgIpc) is 3.53. The van der Waals surface area contributed by atoms with Crippen molar-refractivity contribution in [2.45, 2.75) is 91.1 Å². The number of H-pyrrole nitrogens is 1. The van der Waals surface area contributed by atoms with Gasteiger partial charge in [0.2, 0.25) is 0 Å². The highest BCUT2D eigenvalue weighted by Gasteiger charge is 2.26. The van der Waals surface area contributed by atoms with Gasteiger partial charge in [-0.2, -0.15) is 0 Å². The molecule has 1 saturated carbocycles. The summed E-state index contributed by atoms with van der Waals surface area (Å²) < 4.78 is 28.7. The summed E-state index contributed by atoms with van der Waals surface area (Å²) >= 11 is 0. The minimum atomic E-state index is -1.14. The predicted molar refractivity (Wildman–Crippen MR) is 175 cm³/mol. The molecule has 8 heteroatoms. The number of nitrogens with zero attached hydrogens (tertiary/aromatic N) is 2. The topological polar surface area (TPSA) is 93.3 Å². The molecule has 0 atom stereocenters. The number of benzene rings is 2. The van der Waals surface area contributed by atoms with Crippen LogP contribution >= 0.6 is 0 Å². The van der Waals surface area contributed by atoms with Crippen LogP contribution in [0.25, 0.3) is 33.6 Å². The molecular weight excluding hydrogens is 569 g/mol. The van der Waals surface area contributed by atoms with Crippen molar-refractivity contribution in [3.8, 4) is 34.1 Å². The van der Waals surface area contributed by atoms with Gasteiger partial charge in [-0.15, -0.1) is 0 Å². The predicted octanol–water partition coefficient (Wildman–Crippen LogP) is 8.96. The van der Waals surface area contributed by atoms with E-state index < -0.39 is 5.60 Å². The molecule has 0 aliphatic heterocycles. The van der Waals surface area contributed by atoms with Gasteiger partial charge in [-0.3, -0.25) is 4.79 Å². The van der Waals surface area contributed by atoms with Crippen LogP contribution in [0.5, 0.6) is 11.5 Å².